The lowest BCUT2D eigenvalue weighted by atomic mass is 9.96. The van der Waals surface area contributed by atoms with Crippen LogP contribution in [0.3, 0.4) is 0 Å². The molecular weight excluding hydrogens is 334 g/mol. The van der Waals surface area contributed by atoms with Gasteiger partial charge in [-0.25, -0.2) is 0 Å². The van der Waals surface area contributed by atoms with E-state index in [2.05, 4.69) is 16.7 Å². The molecule has 0 radical (unpaired) electrons. The number of amides is 1. The van der Waals surface area contributed by atoms with E-state index >= 15 is 0 Å². The van der Waals surface area contributed by atoms with Crippen molar-refractivity contribution in [1.29, 1.82) is 0 Å². The quantitative estimate of drug-likeness (QED) is 0.767. The Morgan fingerprint density at radius 3 is 2.88 bits per heavy atom. The molecule has 0 spiro atoms. The molecular formula is C19H21N3O4. The number of hydrogen-bond donors (Lipinski definition) is 0. The Morgan fingerprint density at radius 1 is 1.27 bits per heavy atom. The van der Waals surface area contributed by atoms with E-state index in [1.54, 1.807) is 6.08 Å². The van der Waals surface area contributed by atoms with Gasteiger partial charge < -0.3 is 18.9 Å². The van der Waals surface area contributed by atoms with Crippen molar-refractivity contribution in [1.82, 2.24) is 15.0 Å². The van der Waals surface area contributed by atoms with Crippen LogP contribution in [0.15, 0.2) is 35.4 Å². The van der Waals surface area contributed by atoms with Crippen LogP contribution in [0.1, 0.15) is 37.5 Å². The zero-order chi connectivity index (χ0) is 17.9. The minimum Gasteiger partial charge on any atom is -0.454 e. The van der Waals surface area contributed by atoms with Crippen molar-refractivity contribution in [3.8, 4) is 22.9 Å². The zero-order valence-electron chi connectivity index (χ0n) is 14.5. The van der Waals surface area contributed by atoms with Gasteiger partial charge in [-0.2, -0.15) is 4.98 Å². The molecule has 2 aliphatic heterocycles. The molecule has 3 heterocycles. The number of hydrogen-bond acceptors (Lipinski definition) is 6. The van der Waals surface area contributed by atoms with Crippen LogP contribution in [0.2, 0.25) is 0 Å². The van der Waals surface area contributed by atoms with Gasteiger partial charge in [-0.1, -0.05) is 11.2 Å². The number of carbonyl (C=O) groups excluding carboxylic acids is 1. The first-order chi connectivity index (χ1) is 12.7. The van der Waals surface area contributed by atoms with Crippen LogP contribution in [0, 0.1) is 0 Å². The Hall–Kier alpha value is -2.83. The van der Waals surface area contributed by atoms with Crippen molar-refractivity contribution in [2.75, 3.05) is 19.9 Å². The molecule has 1 aromatic heterocycles. The number of benzene rings is 1. The second kappa shape index (κ2) is 7.19. The maximum atomic E-state index is 12.1. The van der Waals surface area contributed by atoms with Crippen LogP contribution in [0.4, 0.5) is 0 Å². The molecule has 7 heteroatoms. The molecule has 2 aliphatic rings. The van der Waals surface area contributed by atoms with E-state index in [-0.39, 0.29) is 18.6 Å². The van der Waals surface area contributed by atoms with Gasteiger partial charge >= 0.3 is 0 Å². The van der Waals surface area contributed by atoms with Crippen molar-refractivity contribution in [3.05, 3.63) is 36.7 Å². The zero-order valence-corrected chi connectivity index (χ0v) is 14.5. The van der Waals surface area contributed by atoms with Crippen molar-refractivity contribution in [2.45, 2.75) is 31.6 Å². The molecule has 26 heavy (non-hydrogen) atoms. The van der Waals surface area contributed by atoms with E-state index < -0.39 is 0 Å². The number of aromatic nitrogens is 2. The van der Waals surface area contributed by atoms with Gasteiger partial charge in [0.25, 0.3) is 0 Å². The molecule has 1 fully saturated rings. The van der Waals surface area contributed by atoms with Crippen LogP contribution in [0.25, 0.3) is 11.4 Å². The predicted molar refractivity (Wildman–Crippen MR) is 93.8 cm³/mol. The Labute approximate surface area is 151 Å². The number of likely N-dealkylation sites (tertiary alicyclic amines) is 1. The molecule has 0 saturated carbocycles. The molecule has 0 aliphatic carbocycles. The smallest absolute Gasteiger partial charge is 0.231 e. The first kappa shape index (κ1) is 16.6. The van der Waals surface area contributed by atoms with Crippen LogP contribution < -0.4 is 9.47 Å². The fourth-order valence-electron chi connectivity index (χ4n) is 3.31. The summed E-state index contributed by atoms with van der Waals surface area (Å²) in [4.78, 5) is 18.6. The van der Waals surface area contributed by atoms with Gasteiger partial charge in [-0.05, 0) is 37.5 Å². The largest absolute Gasteiger partial charge is 0.454 e. The normalized spacial score (nSPS) is 16.7. The first-order valence-corrected chi connectivity index (χ1v) is 8.87. The number of allylic oxidation sites excluding steroid dienone is 1. The second-order valence-electron chi connectivity index (χ2n) is 6.51. The van der Waals surface area contributed by atoms with E-state index in [1.807, 2.05) is 23.1 Å². The average molecular weight is 355 g/mol. The van der Waals surface area contributed by atoms with Crippen molar-refractivity contribution in [3.63, 3.8) is 0 Å². The van der Waals surface area contributed by atoms with Crippen LogP contribution in [-0.4, -0.2) is 40.8 Å². The number of piperidine rings is 1. The van der Waals surface area contributed by atoms with Gasteiger partial charge in [0.2, 0.25) is 24.4 Å². The van der Waals surface area contributed by atoms with Crippen LogP contribution in [-0.2, 0) is 4.79 Å². The molecule has 0 bridgehead atoms. The fraction of sp³-hybridized carbons (Fsp3) is 0.421. The van der Waals surface area contributed by atoms with Gasteiger partial charge in [0, 0.05) is 31.0 Å². The molecule has 1 aromatic carbocycles. The summed E-state index contributed by atoms with van der Waals surface area (Å²) in [6.45, 7) is 5.35. The molecule has 0 atom stereocenters. The van der Waals surface area contributed by atoms with Crippen LogP contribution in [0.5, 0.6) is 11.5 Å². The minimum absolute atomic E-state index is 0.189. The maximum Gasteiger partial charge on any atom is 0.231 e. The number of ether oxygens (including phenoxy) is 2. The summed E-state index contributed by atoms with van der Waals surface area (Å²) in [5.41, 5.74) is 0.835. The monoisotopic (exact) mass is 355 g/mol. The topological polar surface area (TPSA) is 77.7 Å². The summed E-state index contributed by atoms with van der Waals surface area (Å²) in [5.74, 6) is 2.98. The highest BCUT2D eigenvalue weighted by Gasteiger charge is 2.27. The van der Waals surface area contributed by atoms with E-state index in [0.29, 0.717) is 23.9 Å². The fourth-order valence-corrected chi connectivity index (χ4v) is 3.31. The Morgan fingerprint density at radius 2 is 2.08 bits per heavy atom. The summed E-state index contributed by atoms with van der Waals surface area (Å²) in [6, 6.07) is 5.60. The lowest BCUT2D eigenvalue weighted by Crippen LogP contribution is -2.37. The van der Waals surface area contributed by atoms with Gasteiger partial charge in [0.1, 0.15) is 0 Å². The second-order valence-corrected chi connectivity index (χ2v) is 6.51. The summed E-state index contributed by atoms with van der Waals surface area (Å²) < 4.78 is 16.2. The number of rotatable bonds is 5. The Balaban J connectivity index is 1.40. The molecule has 2 aromatic rings. The average Bonchev–Trinajstić information content (AvgIpc) is 3.35. The number of fused-ring (bicyclic) bond motifs is 1. The minimum atomic E-state index is 0.189. The molecule has 0 N–H and O–H groups in total. The first-order valence-electron chi connectivity index (χ1n) is 8.87. The molecule has 1 amide bonds. The molecule has 7 nitrogen and oxygen atoms in total. The third-order valence-electron chi connectivity index (χ3n) is 4.83. The maximum absolute atomic E-state index is 12.1. The van der Waals surface area contributed by atoms with E-state index in [9.17, 15) is 4.79 Å². The van der Waals surface area contributed by atoms with Crippen molar-refractivity contribution >= 4 is 5.91 Å². The van der Waals surface area contributed by atoms with Crippen molar-refractivity contribution < 1.29 is 18.8 Å². The molecule has 136 valence electrons. The highest BCUT2D eigenvalue weighted by Crippen LogP contribution is 2.36. The number of carbonyl (C=O) groups is 1. The predicted octanol–water partition coefficient (Wildman–Crippen LogP) is 3.14. The standard InChI is InChI=1S/C19H21N3O4/c1-2-3-4-17(23)22-9-7-13(8-10-22)19-20-18(21-26-19)14-5-6-15-16(11-14)25-12-24-15/h2,5-6,11,13H,1,3-4,7-10,12H2. The SMILES string of the molecule is C=CCCC(=O)N1CCC(c2nc(-c3ccc4c(c3)OCO4)no2)CC1. The molecule has 4 rings (SSSR count). The lowest BCUT2D eigenvalue weighted by molar-refractivity contribution is -0.132. The van der Waals surface area contributed by atoms with Gasteiger partial charge in [-0.15, -0.1) is 6.58 Å². The molecule has 1 saturated heterocycles. The van der Waals surface area contributed by atoms with Gasteiger partial charge in [-0.3, -0.25) is 4.79 Å². The Kier molecular flexibility index (Phi) is 4.60. The lowest BCUT2D eigenvalue weighted by Gasteiger charge is -2.30. The summed E-state index contributed by atoms with van der Waals surface area (Å²) in [5, 5.41) is 4.11. The summed E-state index contributed by atoms with van der Waals surface area (Å²) in [7, 11) is 0. The van der Waals surface area contributed by atoms with E-state index in [0.717, 1.165) is 43.7 Å². The van der Waals surface area contributed by atoms with Gasteiger partial charge in [0.05, 0.1) is 0 Å². The summed E-state index contributed by atoms with van der Waals surface area (Å²) in [6.07, 6.45) is 4.70. The highest BCUT2D eigenvalue weighted by molar-refractivity contribution is 5.76. The summed E-state index contributed by atoms with van der Waals surface area (Å²) >= 11 is 0. The van der Waals surface area contributed by atoms with Crippen LogP contribution >= 0.6 is 0 Å². The van der Waals surface area contributed by atoms with Crippen molar-refractivity contribution in [2.24, 2.45) is 0 Å². The third kappa shape index (κ3) is 3.29. The van der Waals surface area contributed by atoms with E-state index in [1.165, 1.54) is 0 Å². The molecule has 0 unspecified atom stereocenters. The third-order valence-corrected chi connectivity index (χ3v) is 4.83. The Bertz CT molecular complexity index is 809. The van der Waals surface area contributed by atoms with Gasteiger partial charge in [0.15, 0.2) is 11.5 Å². The number of nitrogens with zero attached hydrogens (tertiary/aromatic N) is 3. The van der Waals surface area contributed by atoms with E-state index in [4.69, 9.17) is 14.0 Å². The highest BCUT2D eigenvalue weighted by atomic mass is 16.7.